The van der Waals surface area contributed by atoms with Gasteiger partial charge in [-0.15, -0.1) is 0 Å². The maximum absolute atomic E-state index is 11.8. The summed E-state index contributed by atoms with van der Waals surface area (Å²) in [6.45, 7) is 4.50. The second-order valence-corrected chi connectivity index (χ2v) is 7.70. The molecule has 0 spiro atoms. The van der Waals surface area contributed by atoms with E-state index in [0.717, 1.165) is 26.3 Å². The Hall–Kier alpha value is -3.27. The molecule has 12 heteroatoms. The molecule has 184 valence electrons. The van der Waals surface area contributed by atoms with Gasteiger partial charge in [-0.1, -0.05) is 23.7 Å². The van der Waals surface area contributed by atoms with E-state index in [9.17, 15) is 19.2 Å². The Morgan fingerprint density at radius 2 is 1.44 bits per heavy atom. The first-order chi connectivity index (χ1) is 16.1. The zero-order valence-corrected chi connectivity index (χ0v) is 19.8. The molecule has 0 radical (unpaired) electrons. The number of rotatable bonds is 8. The smallest absolute Gasteiger partial charge is 0.303 e. The van der Waals surface area contributed by atoms with Crippen molar-refractivity contribution in [1.29, 1.82) is 0 Å². The molecule has 5 atom stereocenters. The van der Waals surface area contributed by atoms with Crippen LogP contribution in [0.2, 0.25) is 5.02 Å². The van der Waals surface area contributed by atoms with Crippen molar-refractivity contribution in [3.63, 3.8) is 0 Å². The summed E-state index contributed by atoms with van der Waals surface area (Å²) >= 11 is 5.86. The zero-order chi connectivity index (χ0) is 25.3. The molecule has 1 aliphatic rings. The maximum Gasteiger partial charge on any atom is 0.303 e. The van der Waals surface area contributed by atoms with Crippen molar-refractivity contribution < 1.29 is 42.9 Å². The molecular weight excluding hydrogens is 472 g/mol. The van der Waals surface area contributed by atoms with E-state index in [1.54, 1.807) is 24.3 Å². The van der Waals surface area contributed by atoms with Crippen LogP contribution in [-0.4, -0.2) is 67.1 Å². The minimum atomic E-state index is -1.30. The third-order valence-corrected chi connectivity index (χ3v) is 4.65. The number of nitrogens with zero attached hydrogens (tertiary/aromatic N) is 2. The van der Waals surface area contributed by atoms with Gasteiger partial charge in [0.25, 0.3) is 0 Å². The first kappa shape index (κ1) is 27.0. The number of carbonyl (C=O) groups is 4. The number of benzene rings is 1. The van der Waals surface area contributed by atoms with E-state index in [1.807, 2.05) is 0 Å². The van der Waals surface area contributed by atoms with E-state index in [0.29, 0.717) is 5.02 Å². The van der Waals surface area contributed by atoms with Crippen molar-refractivity contribution in [2.75, 3.05) is 6.61 Å². The van der Waals surface area contributed by atoms with Crippen LogP contribution in [0.15, 0.2) is 34.3 Å². The lowest BCUT2D eigenvalue weighted by molar-refractivity contribution is -0.250. The molecule has 1 saturated heterocycles. The molecule has 0 amide bonds. The molecule has 1 aromatic carbocycles. The predicted octanol–water partition coefficient (Wildman–Crippen LogP) is 2.10. The fourth-order valence-corrected chi connectivity index (χ4v) is 3.25. The SMILES string of the molecule is CC(=O)OC[C@H]1O[C@@H](N=C=NCc2ccc(Cl)cc2)[C@H](OC(C)=O)[C@@H](OC(C)=O)[C@@H]1OC(C)=O. The normalized spacial score (nSPS) is 23.6. The average molecular weight is 497 g/mol. The predicted molar refractivity (Wildman–Crippen MR) is 117 cm³/mol. The molecule has 0 saturated carbocycles. The third-order valence-electron chi connectivity index (χ3n) is 4.40. The minimum Gasteiger partial charge on any atom is -0.463 e. The highest BCUT2D eigenvalue weighted by atomic mass is 35.5. The third kappa shape index (κ3) is 8.58. The van der Waals surface area contributed by atoms with E-state index in [1.165, 1.54) is 6.92 Å². The summed E-state index contributed by atoms with van der Waals surface area (Å²) in [6.07, 6.45) is -6.18. The van der Waals surface area contributed by atoms with E-state index < -0.39 is 54.5 Å². The van der Waals surface area contributed by atoms with Gasteiger partial charge in [0, 0.05) is 32.7 Å². The summed E-state index contributed by atoms with van der Waals surface area (Å²) in [6, 6.07) is 9.46. The quantitative estimate of drug-likeness (QED) is 0.300. The fraction of sp³-hybridized carbons (Fsp3) is 0.500. The van der Waals surface area contributed by atoms with Crippen LogP contribution in [0.4, 0.5) is 0 Å². The van der Waals surface area contributed by atoms with Crippen LogP contribution in [0, 0.1) is 0 Å². The van der Waals surface area contributed by atoms with Crippen LogP contribution >= 0.6 is 11.6 Å². The highest BCUT2D eigenvalue weighted by molar-refractivity contribution is 6.30. The Bertz CT molecular complexity index is 960. The van der Waals surface area contributed by atoms with Crippen molar-refractivity contribution in [2.24, 2.45) is 9.98 Å². The maximum atomic E-state index is 11.8. The molecule has 0 aromatic heterocycles. The lowest BCUT2D eigenvalue weighted by Crippen LogP contribution is -2.61. The molecule has 1 aliphatic heterocycles. The first-order valence-corrected chi connectivity index (χ1v) is 10.6. The van der Waals surface area contributed by atoms with Gasteiger partial charge in [-0.05, 0) is 17.7 Å². The lowest BCUT2D eigenvalue weighted by Gasteiger charge is -2.42. The molecule has 0 N–H and O–H groups in total. The Morgan fingerprint density at radius 1 is 0.882 bits per heavy atom. The molecule has 11 nitrogen and oxygen atoms in total. The van der Waals surface area contributed by atoms with Crippen molar-refractivity contribution in [3.05, 3.63) is 34.9 Å². The van der Waals surface area contributed by atoms with Gasteiger partial charge in [0.05, 0.1) is 12.6 Å². The van der Waals surface area contributed by atoms with E-state index in [4.69, 9.17) is 35.3 Å². The molecule has 2 rings (SSSR count). The van der Waals surface area contributed by atoms with Gasteiger partial charge in [0.1, 0.15) is 12.7 Å². The van der Waals surface area contributed by atoms with Crippen LogP contribution in [0.1, 0.15) is 33.3 Å². The number of esters is 4. The number of carbonyl (C=O) groups excluding carboxylic acids is 4. The number of halogens is 1. The summed E-state index contributed by atoms with van der Waals surface area (Å²) in [7, 11) is 0. The summed E-state index contributed by atoms with van der Waals surface area (Å²) in [5, 5.41) is 0.582. The van der Waals surface area contributed by atoms with Gasteiger partial charge < -0.3 is 23.7 Å². The average Bonchev–Trinajstić information content (AvgIpc) is 2.74. The second kappa shape index (κ2) is 12.8. The van der Waals surface area contributed by atoms with Crippen LogP contribution < -0.4 is 0 Å². The first-order valence-electron chi connectivity index (χ1n) is 10.2. The Balaban J connectivity index is 2.37. The molecule has 0 bridgehead atoms. The van der Waals surface area contributed by atoms with Crippen molar-refractivity contribution >= 4 is 41.5 Å². The van der Waals surface area contributed by atoms with Crippen molar-refractivity contribution in [3.8, 4) is 0 Å². The molecular formula is C22H25ClN2O9. The fourth-order valence-electron chi connectivity index (χ4n) is 3.12. The minimum absolute atomic E-state index is 0.228. The highest BCUT2D eigenvalue weighted by Crippen LogP contribution is 2.29. The summed E-state index contributed by atoms with van der Waals surface area (Å²) in [5.74, 6) is -2.77. The number of hydrogen-bond donors (Lipinski definition) is 0. The standard InChI is InChI=1S/C22H25ClN2O9/c1-12(26)30-10-18-19(31-13(2)27)20(32-14(3)28)21(33-15(4)29)22(34-18)25-11-24-9-16-5-7-17(23)8-6-16/h5-8,18-22H,9-10H2,1-4H3/t18-,19-,20+,21-,22-/m1/s1. The van der Waals surface area contributed by atoms with Gasteiger partial charge in [-0.3, -0.25) is 19.2 Å². The molecule has 0 unspecified atom stereocenters. The Kier molecular flexibility index (Phi) is 10.2. The summed E-state index contributed by atoms with van der Waals surface area (Å²) in [4.78, 5) is 54.8. The summed E-state index contributed by atoms with van der Waals surface area (Å²) in [5.41, 5.74) is 0.841. The topological polar surface area (TPSA) is 139 Å². The van der Waals surface area contributed by atoms with E-state index in [2.05, 4.69) is 16.0 Å². The van der Waals surface area contributed by atoms with E-state index >= 15 is 0 Å². The van der Waals surface area contributed by atoms with Gasteiger partial charge in [0.15, 0.2) is 24.5 Å². The number of aliphatic imine (C=N–C) groups is 2. The Labute approximate surface area is 201 Å². The molecule has 1 aromatic rings. The zero-order valence-electron chi connectivity index (χ0n) is 19.1. The van der Waals surface area contributed by atoms with Crippen LogP contribution in [-0.2, 0) is 49.4 Å². The summed E-state index contributed by atoms with van der Waals surface area (Å²) < 4.78 is 26.7. The highest BCUT2D eigenvalue weighted by Gasteiger charge is 2.52. The van der Waals surface area contributed by atoms with Crippen LogP contribution in [0.25, 0.3) is 0 Å². The second-order valence-electron chi connectivity index (χ2n) is 7.26. The van der Waals surface area contributed by atoms with Gasteiger partial charge in [-0.25, -0.2) is 4.99 Å². The Morgan fingerprint density at radius 3 is 2.00 bits per heavy atom. The van der Waals surface area contributed by atoms with Crippen LogP contribution in [0.5, 0.6) is 0 Å². The molecule has 1 fully saturated rings. The molecule has 1 heterocycles. The van der Waals surface area contributed by atoms with Crippen LogP contribution in [0.3, 0.4) is 0 Å². The van der Waals surface area contributed by atoms with Crippen molar-refractivity contribution in [2.45, 2.75) is 64.9 Å². The van der Waals surface area contributed by atoms with Gasteiger partial charge in [0.2, 0.25) is 0 Å². The largest absolute Gasteiger partial charge is 0.463 e. The molecule has 34 heavy (non-hydrogen) atoms. The van der Waals surface area contributed by atoms with Gasteiger partial charge in [-0.2, -0.15) is 4.99 Å². The number of ether oxygens (including phenoxy) is 5. The van der Waals surface area contributed by atoms with E-state index in [-0.39, 0.29) is 13.2 Å². The molecule has 0 aliphatic carbocycles. The lowest BCUT2D eigenvalue weighted by atomic mass is 9.97. The van der Waals surface area contributed by atoms with Gasteiger partial charge >= 0.3 is 23.9 Å². The monoisotopic (exact) mass is 496 g/mol. The number of hydrogen-bond acceptors (Lipinski definition) is 11. The van der Waals surface area contributed by atoms with Crippen molar-refractivity contribution in [1.82, 2.24) is 0 Å².